The van der Waals surface area contributed by atoms with E-state index in [9.17, 15) is 4.79 Å². The third-order valence-electron chi connectivity index (χ3n) is 3.70. The Labute approximate surface area is 124 Å². The van der Waals surface area contributed by atoms with E-state index in [1.807, 2.05) is 5.38 Å². The van der Waals surface area contributed by atoms with Crippen molar-refractivity contribution in [3.8, 4) is 6.07 Å². The lowest BCUT2D eigenvalue weighted by molar-refractivity contribution is -0.115. The van der Waals surface area contributed by atoms with Gasteiger partial charge in [0.15, 0.2) is 0 Å². The second-order valence-electron chi connectivity index (χ2n) is 5.25. The first kappa shape index (κ1) is 15.0. The van der Waals surface area contributed by atoms with Gasteiger partial charge in [-0.1, -0.05) is 32.1 Å². The van der Waals surface area contributed by atoms with Crippen molar-refractivity contribution in [1.29, 1.82) is 5.26 Å². The average Bonchev–Trinajstić information content (AvgIpc) is 2.84. The van der Waals surface area contributed by atoms with Crippen LogP contribution in [0.3, 0.4) is 0 Å². The zero-order valence-electron chi connectivity index (χ0n) is 11.7. The zero-order chi connectivity index (χ0) is 14.2. The normalized spacial score (nSPS) is 16.9. The van der Waals surface area contributed by atoms with Gasteiger partial charge in [-0.15, -0.1) is 11.3 Å². The molecule has 1 aromatic heterocycles. The molecule has 1 heterocycles. The number of thiophene rings is 1. The summed E-state index contributed by atoms with van der Waals surface area (Å²) in [6, 6.07) is 4.26. The third kappa shape index (κ3) is 4.62. The van der Waals surface area contributed by atoms with E-state index >= 15 is 0 Å². The van der Waals surface area contributed by atoms with E-state index in [-0.39, 0.29) is 5.91 Å². The third-order valence-corrected chi connectivity index (χ3v) is 4.52. The zero-order valence-corrected chi connectivity index (χ0v) is 12.5. The Bertz CT molecular complexity index is 470. The van der Waals surface area contributed by atoms with Crippen LogP contribution in [0.2, 0.25) is 0 Å². The molecule has 1 aliphatic rings. The van der Waals surface area contributed by atoms with E-state index in [0.29, 0.717) is 23.2 Å². The smallest absolute Gasteiger partial charge is 0.238 e. The molecule has 1 aliphatic carbocycles. The van der Waals surface area contributed by atoms with Crippen LogP contribution in [-0.4, -0.2) is 18.5 Å². The van der Waals surface area contributed by atoms with E-state index in [2.05, 4.69) is 16.7 Å². The molecule has 0 aliphatic heterocycles. The average molecular weight is 291 g/mol. The van der Waals surface area contributed by atoms with Crippen LogP contribution in [0.1, 0.15) is 50.5 Å². The van der Waals surface area contributed by atoms with Crippen LogP contribution in [0.5, 0.6) is 0 Å². The van der Waals surface area contributed by atoms with Gasteiger partial charge in [0.25, 0.3) is 0 Å². The van der Waals surface area contributed by atoms with Crippen molar-refractivity contribution in [3.05, 3.63) is 17.0 Å². The molecule has 0 spiro atoms. The second-order valence-corrected chi connectivity index (χ2v) is 6.16. The molecule has 5 heteroatoms. The quantitative estimate of drug-likeness (QED) is 0.895. The minimum atomic E-state index is -0.0639. The first-order valence-electron chi connectivity index (χ1n) is 7.30. The lowest BCUT2D eigenvalue weighted by Gasteiger charge is -2.20. The minimum absolute atomic E-state index is 0.0639. The van der Waals surface area contributed by atoms with Crippen LogP contribution in [0.25, 0.3) is 0 Å². The molecule has 4 nitrogen and oxygen atoms in total. The summed E-state index contributed by atoms with van der Waals surface area (Å²) < 4.78 is 0. The lowest BCUT2D eigenvalue weighted by atomic mass is 9.97. The number of amides is 1. The maximum absolute atomic E-state index is 11.9. The fourth-order valence-corrected chi connectivity index (χ4v) is 3.32. The molecule has 1 fully saturated rings. The Hall–Kier alpha value is -1.38. The monoisotopic (exact) mass is 291 g/mol. The fraction of sp³-hybridized carbons (Fsp3) is 0.600. The molecule has 2 rings (SSSR count). The predicted molar refractivity (Wildman–Crippen MR) is 81.8 cm³/mol. The molecule has 1 saturated carbocycles. The van der Waals surface area contributed by atoms with Gasteiger partial charge in [-0.2, -0.15) is 5.26 Å². The topological polar surface area (TPSA) is 64.9 Å². The first-order chi connectivity index (χ1) is 9.79. The Balaban J connectivity index is 1.75. The van der Waals surface area contributed by atoms with E-state index in [1.165, 1.54) is 43.4 Å². The van der Waals surface area contributed by atoms with Gasteiger partial charge in [0.1, 0.15) is 11.1 Å². The Morgan fingerprint density at radius 2 is 2.00 bits per heavy atom. The van der Waals surface area contributed by atoms with Gasteiger partial charge in [-0.3, -0.25) is 4.79 Å². The summed E-state index contributed by atoms with van der Waals surface area (Å²) in [4.78, 5) is 11.9. The first-order valence-corrected chi connectivity index (χ1v) is 8.18. The number of nitrogens with zero attached hydrogens (tertiary/aromatic N) is 1. The van der Waals surface area contributed by atoms with Crippen molar-refractivity contribution in [2.45, 2.75) is 51.0 Å². The van der Waals surface area contributed by atoms with Crippen molar-refractivity contribution < 1.29 is 4.79 Å². The molecule has 0 aromatic carbocycles. The van der Waals surface area contributed by atoms with Gasteiger partial charge in [-0.05, 0) is 24.3 Å². The molecule has 108 valence electrons. The second kappa shape index (κ2) is 8.03. The summed E-state index contributed by atoms with van der Waals surface area (Å²) in [5, 5.41) is 17.5. The van der Waals surface area contributed by atoms with E-state index in [0.717, 1.165) is 12.8 Å². The molecule has 1 amide bonds. The highest BCUT2D eigenvalue weighted by Crippen LogP contribution is 2.22. The summed E-state index contributed by atoms with van der Waals surface area (Å²) in [5.74, 6) is -0.0639. The van der Waals surface area contributed by atoms with E-state index in [4.69, 9.17) is 5.26 Å². The van der Waals surface area contributed by atoms with Crippen LogP contribution in [-0.2, 0) is 4.79 Å². The van der Waals surface area contributed by atoms with Crippen molar-refractivity contribution in [2.75, 3.05) is 11.9 Å². The van der Waals surface area contributed by atoms with Crippen LogP contribution in [0.4, 0.5) is 5.00 Å². The van der Waals surface area contributed by atoms with Crippen LogP contribution in [0, 0.1) is 11.3 Å². The molecule has 0 unspecified atom stereocenters. The number of nitriles is 1. The molecule has 2 N–H and O–H groups in total. The van der Waals surface area contributed by atoms with Gasteiger partial charge >= 0.3 is 0 Å². The predicted octanol–water partition coefficient (Wildman–Crippen LogP) is 3.26. The highest BCUT2D eigenvalue weighted by Gasteiger charge is 2.13. The van der Waals surface area contributed by atoms with Crippen molar-refractivity contribution >= 4 is 22.2 Å². The Morgan fingerprint density at radius 1 is 1.30 bits per heavy atom. The van der Waals surface area contributed by atoms with Gasteiger partial charge in [0.2, 0.25) is 5.91 Å². The van der Waals surface area contributed by atoms with E-state index in [1.54, 1.807) is 6.07 Å². The maximum atomic E-state index is 11.9. The van der Waals surface area contributed by atoms with Crippen LogP contribution < -0.4 is 10.6 Å². The van der Waals surface area contributed by atoms with Gasteiger partial charge < -0.3 is 10.6 Å². The highest BCUT2D eigenvalue weighted by molar-refractivity contribution is 7.14. The van der Waals surface area contributed by atoms with Crippen LogP contribution >= 0.6 is 11.3 Å². The fourth-order valence-electron chi connectivity index (χ4n) is 2.56. The number of hydrogen-bond donors (Lipinski definition) is 2. The van der Waals surface area contributed by atoms with Crippen molar-refractivity contribution in [1.82, 2.24) is 5.32 Å². The molecular formula is C15H21N3OS. The molecule has 0 bridgehead atoms. The summed E-state index contributed by atoms with van der Waals surface area (Å²) in [5.41, 5.74) is 0.536. The standard InChI is InChI=1S/C15H21N3OS/c16-10-12-8-9-20-15(12)18-14(19)11-17-13-6-4-2-1-3-5-7-13/h8-9,13,17H,1-7,11H2,(H,18,19). The molecule has 0 saturated heterocycles. The molecule has 1 aromatic rings. The molecule has 0 atom stereocenters. The van der Waals surface area contributed by atoms with Crippen LogP contribution in [0.15, 0.2) is 11.4 Å². The molecular weight excluding hydrogens is 270 g/mol. The number of nitrogens with one attached hydrogen (secondary N) is 2. The number of rotatable bonds is 4. The number of anilines is 1. The number of hydrogen-bond acceptors (Lipinski definition) is 4. The molecule has 20 heavy (non-hydrogen) atoms. The summed E-state index contributed by atoms with van der Waals surface area (Å²) >= 11 is 1.39. The molecule has 0 radical (unpaired) electrons. The van der Waals surface area contributed by atoms with Crippen molar-refractivity contribution in [2.24, 2.45) is 0 Å². The Morgan fingerprint density at radius 3 is 2.70 bits per heavy atom. The highest BCUT2D eigenvalue weighted by atomic mass is 32.1. The lowest BCUT2D eigenvalue weighted by Crippen LogP contribution is -2.36. The number of carbonyl (C=O) groups excluding carboxylic acids is 1. The number of carbonyl (C=O) groups is 1. The largest absolute Gasteiger partial charge is 0.315 e. The summed E-state index contributed by atoms with van der Waals surface area (Å²) in [6.07, 6.45) is 8.80. The Kier molecular flexibility index (Phi) is 6.03. The van der Waals surface area contributed by atoms with Gasteiger partial charge in [0.05, 0.1) is 12.1 Å². The van der Waals surface area contributed by atoms with Gasteiger partial charge in [0, 0.05) is 6.04 Å². The van der Waals surface area contributed by atoms with Crippen molar-refractivity contribution in [3.63, 3.8) is 0 Å². The maximum Gasteiger partial charge on any atom is 0.238 e. The van der Waals surface area contributed by atoms with Gasteiger partial charge in [-0.25, -0.2) is 0 Å². The summed E-state index contributed by atoms with van der Waals surface area (Å²) in [7, 11) is 0. The minimum Gasteiger partial charge on any atom is -0.315 e. The summed E-state index contributed by atoms with van der Waals surface area (Å²) in [6.45, 7) is 0.327. The van der Waals surface area contributed by atoms with E-state index < -0.39 is 0 Å². The SMILES string of the molecule is N#Cc1ccsc1NC(=O)CNC1CCCCCCC1.